The maximum Gasteiger partial charge on any atom is 0.471 e. The van der Waals surface area contributed by atoms with Crippen molar-refractivity contribution in [2.45, 2.75) is 32.0 Å². The Morgan fingerprint density at radius 1 is 1.22 bits per heavy atom. The Hall–Kier alpha value is -2.58. The van der Waals surface area contributed by atoms with Crippen LogP contribution in [0.5, 0.6) is 0 Å². The number of carbonyl (C=O) groups excluding carboxylic acids is 2. The van der Waals surface area contributed by atoms with Crippen molar-refractivity contribution < 1.29 is 22.8 Å². The van der Waals surface area contributed by atoms with Crippen molar-refractivity contribution in [3.8, 4) is 0 Å². The summed E-state index contributed by atoms with van der Waals surface area (Å²) in [6.45, 7) is 1.26. The lowest BCUT2D eigenvalue weighted by Gasteiger charge is -2.34. The Morgan fingerprint density at radius 2 is 1.96 bits per heavy atom. The van der Waals surface area contributed by atoms with Crippen LogP contribution in [-0.2, 0) is 11.3 Å². The van der Waals surface area contributed by atoms with E-state index in [1.807, 2.05) is 22.6 Å². The smallest absolute Gasteiger partial charge is 0.335 e. The van der Waals surface area contributed by atoms with Crippen molar-refractivity contribution in [1.29, 1.82) is 0 Å². The number of piperidine rings is 1. The summed E-state index contributed by atoms with van der Waals surface area (Å²) in [6, 6.07) is 5.72. The fourth-order valence-corrected chi connectivity index (χ4v) is 3.93. The number of likely N-dealkylation sites (tertiary alicyclic amines) is 1. The third-order valence-corrected chi connectivity index (χ3v) is 5.42. The van der Waals surface area contributed by atoms with Gasteiger partial charge in [-0.3, -0.25) is 14.0 Å². The summed E-state index contributed by atoms with van der Waals surface area (Å²) in [5.41, 5.74) is 2.28. The third-order valence-electron chi connectivity index (χ3n) is 5.42. The average molecular weight is 380 g/mol. The highest BCUT2D eigenvalue weighted by atomic mass is 19.4. The fraction of sp³-hybridized carbons (Fsp3) is 0.500. The van der Waals surface area contributed by atoms with E-state index in [2.05, 4.69) is 4.98 Å². The molecule has 1 saturated heterocycles. The van der Waals surface area contributed by atoms with E-state index in [1.165, 1.54) is 0 Å². The Kier molecular flexibility index (Phi) is 4.32. The van der Waals surface area contributed by atoms with Crippen LogP contribution in [0.25, 0.3) is 5.65 Å². The molecule has 0 radical (unpaired) electrons. The lowest BCUT2D eigenvalue weighted by atomic mass is 9.93. The monoisotopic (exact) mass is 380 g/mol. The predicted octanol–water partition coefficient (Wildman–Crippen LogP) is 2.48. The Balaban J connectivity index is 1.34. The quantitative estimate of drug-likeness (QED) is 0.822. The Morgan fingerprint density at radius 3 is 2.67 bits per heavy atom. The number of aromatic nitrogens is 2. The fourth-order valence-electron chi connectivity index (χ4n) is 3.93. The van der Waals surface area contributed by atoms with Crippen molar-refractivity contribution in [3.05, 3.63) is 35.8 Å². The SMILES string of the molecule is O=C1c2cnc3cccc(n23)CN1CCC1CCN(C(=O)C(F)(F)F)CC1. The zero-order valence-corrected chi connectivity index (χ0v) is 14.6. The lowest BCUT2D eigenvalue weighted by molar-refractivity contribution is -0.186. The second kappa shape index (κ2) is 6.54. The van der Waals surface area contributed by atoms with Crippen molar-refractivity contribution in [1.82, 2.24) is 19.2 Å². The van der Waals surface area contributed by atoms with Crippen LogP contribution >= 0.6 is 0 Å². The second-order valence-corrected chi connectivity index (χ2v) is 7.10. The molecule has 2 aromatic rings. The van der Waals surface area contributed by atoms with E-state index in [4.69, 9.17) is 0 Å². The third kappa shape index (κ3) is 3.26. The number of rotatable bonds is 3. The number of pyridine rings is 1. The molecule has 2 aromatic heterocycles. The minimum Gasteiger partial charge on any atom is -0.335 e. The van der Waals surface area contributed by atoms with Crippen molar-refractivity contribution >= 4 is 17.5 Å². The van der Waals surface area contributed by atoms with Crippen LogP contribution in [-0.4, -0.2) is 56.8 Å². The molecule has 1 fully saturated rings. The highest BCUT2D eigenvalue weighted by molar-refractivity contribution is 5.94. The normalized spacial score (nSPS) is 18.4. The Labute approximate surface area is 153 Å². The van der Waals surface area contributed by atoms with Crippen molar-refractivity contribution in [3.63, 3.8) is 0 Å². The van der Waals surface area contributed by atoms with Crippen LogP contribution in [0.2, 0.25) is 0 Å². The second-order valence-electron chi connectivity index (χ2n) is 7.10. The molecule has 144 valence electrons. The van der Waals surface area contributed by atoms with Gasteiger partial charge in [0.15, 0.2) is 0 Å². The number of alkyl halides is 3. The largest absolute Gasteiger partial charge is 0.471 e. The van der Waals surface area contributed by atoms with E-state index in [0.717, 1.165) is 16.2 Å². The predicted molar refractivity (Wildman–Crippen MR) is 89.9 cm³/mol. The molecule has 27 heavy (non-hydrogen) atoms. The van der Waals surface area contributed by atoms with Gasteiger partial charge in [-0.2, -0.15) is 13.2 Å². The van der Waals surface area contributed by atoms with E-state index in [-0.39, 0.29) is 24.9 Å². The summed E-state index contributed by atoms with van der Waals surface area (Å²) in [5, 5.41) is 0. The maximum atomic E-state index is 12.7. The number of halogens is 3. The van der Waals surface area contributed by atoms with Gasteiger partial charge < -0.3 is 9.80 Å². The molecule has 0 saturated carbocycles. The molecule has 0 atom stereocenters. The minimum absolute atomic E-state index is 0.0779. The number of imidazole rings is 1. The van der Waals surface area contributed by atoms with E-state index in [1.54, 1.807) is 11.1 Å². The first-order valence-corrected chi connectivity index (χ1v) is 8.95. The molecule has 4 heterocycles. The molecule has 9 heteroatoms. The van der Waals surface area contributed by atoms with Crippen LogP contribution in [0, 0.1) is 5.92 Å². The number of nitrogens with zero attached hydrogens (tertiary/aromatic N) is 4. The van der Waals surface area contributed by atoms with Gasteiger partial charge in [-0.25, -0.2) is 4.98 Å². The van der Waals surface area contributed by atoms with Crippen LogP contribution in [0.4, 0.5) is 13.2 Å². The highest BCUT2D eigenvalue weighted by Crippen LogP contribution is 2.27. The number of hydrogen-bond donors (Lipinski definition) is 0. The summed E-state index contributed by atoms with van der Waals surface area (Å²) in [4.78, 5) is 30.9. The number of carbonyl (C=O) groups is 2. The molecule has 2 aliphatic rings. The molecular weight excluding hydrogens is 361 g/mol. The van der Waals surface area contributed by atoms with Gasteiger partial charge in [-0.1, -0.05) is 6.07 Å². The zero-order valence-electron chi connectivity index (χ0n) is 14.6. The number of amides is 2. The molecule has 0 spiro atoms. The van der Waals surface area contributed by atoms with Gasteiger partial charge in [0, 0.05) is 25.3 Å². The van der Waals surface area contributed by atoms with Crippen LogP contribution in [0.15, 0.2) is 24.4 Å². The van der Waals surface area contributed by atoms with Gasteiger partial charge in [0.05, 0.1) is 12.7 Å². The summed E-state index contributed by atoms with van der Waals surface area (Å²) >= 11 is 0. The number of hydrogen-bond acceptors (Lipinski definition) is 3. The summed E-state index contributed by atoms with van der Waals surface area (Å²) in [7, 11) is 0. The molecular formula is C18H19F3N4O2. The molecule has 0 N–H and O–H groups in total. The van der Waals surface area contributed by atoms with E-state index in [9.17, 15) is 22.8 Å². The first-order valence-electron chi connectivity index (χ1n) is 8.95. The first-order chi connectivity index (χ1) is 12.8. The molecule has 0 aliphatic carbocycles. The summed E-state index contributed by atoms with van der Waals surface area (Å²) < 4.78 is 39.4. The first kappa shape index (κ1) is 17.8. The van der Waals surface area contributed by atoms with Gasteiger partial charge in [0.1, 0.15) is 11.3 Å². The average Bonchev–Trinajstić information content (AvgIpc) is 3.08. The molecule has 0 bridgehead atoms. The van der Waals surface area contributed by atoms with E-state index in [0.29, 0.717) is 38.0 Å². The molecule has 0 aromatic carbocycles. The van der Waals surface area contributed by atoms with Crippen molar-refractivity contribution in [2.24, 2.45) is 5.92 Å². The van der Waals surface area contributed by atoms with Gasteiger partial charge in [-0.05, 0) is 37.3 Å². The Bertz CT molecular complexity index is 884. The van der Waals surface area contributed by atoms with E-state index >= 15 is 0 Å². The highest BCUT2D eigenvalue weighted by Gasteiger charge is 2.43. The van der Waals surface area contributed by atoms with Crippen LogP contribution in [0.3, 0.4) is 0 Å². The minimum atomic E-state index is -4.81. The van der Waals surface area contributed by atoms with Gasteiger partial charge in [-0.15, -0.1) is 0 Å². The topological polar surface area (TPSA) is 57.9 Å². The standard InChI is InChI=1S/C18H19F3N4O2/c19-18(20,21)17(27)23-7-4-12(5-8-23)6-9-24-11-13-2-1-3-15-22-10-14(16(24)26)25(13)15/h1-3,10,12H,4-9,11H2. The summed E-state index contributed by atoms with van der Waals surface area (Å²) in [5.74, 6) is -1.63. The van der Waals surface area contributed by atoms with Crippen LogP contribution < -0.4 is 0 Å². The summed E-state index contributed by atoms with van der Waals surface area (Å²) in [6.07, 6.45) is -1.47. The molecule has 2 aliphatic heterocycles. The van der Waals surface area contributed by atoms with Gasteiger partial charge in [0.25, 0.3) is 5.91 Å². The maximum absolute atomic E-state index is 12.7. The van der Waals surface area contributed by atoms with Gasteiger partial charge in [0.2, 0.25) is 0 Å². The molecule has 6 nitrogen and oxygen atoms in total. The molecule has 4 rings (SSSR count). The van der Waals surface area contributed by atoms with Crippen LogP contribution in [0.1, 0.15) is 35.4 Å². The zero-order chi connectivity index (χ0) is 19.2. The lowest BCUT2D eigenvalue weighted by Crippen LogP contribution is -2.45. The molecule has 2 amide bonds. The van der Waals surface area contributed by atoms with Crippen molar-refractivity contribution in [2.75, 3.05) is 19.6 Å². The van der Waals surface area contributed by atoms with Gasteiger partial charge >= 0.3 is 12.1 Å². The van der Waals surface area contributed by atoms with E-state index < -0.39 is 12.1 Å². The molecule has 0 unspecified atom stereocenters.